The number of ether oxygens (including phenoxy) is 1. The van der Waals surface area contributed by atoms with Crippen LogP contribution in [0.15, 0.2) is 24.3 Å². The Morgan fingerprint density at radius 2 is 1.96 bits per heavy atom. The van der Waals surface area contributed by atoms with E-state index in [9.17, 15) is 19.5 Å². The summed E-state index contributed by atoms with van der Waals surface area (Å²) < 4.78 is 4.83. The minimum Gasteiger partial charge on any atom is -0.468 e. The molecule has 2 aliphatic rings. The van der Waals surface area contributed by atoms with Gasteiger partial charge in [0.25, 0.3) is 0 Å². The Morgan fingerprint density at radius 1 is 1.32 bits per heavy atom. The van der Waals surface area contributed by atoms with Crippen LogP contribution in [0.2, 0.25) is 5.02 Å². The van der Waals surface area contributed by atoms with Crippen molar-refractivity contribution in [1.29, 1.82) is 0 Å². The van der Waals surface area contributed by atoms with Crippen LogP contribution in [0.25, 0.3) is 0 Å². The molecule has 134 valence electrons. The number of rotatable bonds is 4. The van der Waals surface area contributed by atoms with E-state index in [0.29, 0.717) is 10.6 Å². The zero-order chi connectivity index (χ0) is 18.4. The van der Waals surface area contributed by atoms with Gasteiger partial charge in [-0.1, -0.05) is 23.7 Å². The molecule has 2 heterocycles. The topological polar surface area (TPSA) is 95.9 Å². The lowest BCUT2D eigenvalue weighted by Crippen LogP contribution is -2.58. The van der Waals surface area contributed by atoms with Crippen LogP contribution in [0.4, 0.5) is 0 Å². The number of esters is 1. The molecule has 3 rings (SSSR count). The number of fused-ring (bicyclic) bond motifs is 1. The number of likely N-dealkylation sites (tertiary alicyclic amines) is 1. The summed E-state index contributed by atoms with van der Waals surface area (Å²) in [5.41, 5.74) is -0.946. The highest BCUT2D eigenvalue weighted by Gasteiger charge is 2.68. The lowest BCUT2D eigenvalue weighted by Gasteiger charge is -2.30. The van der Waals surface area contributed by atoms with Crippen molar-refractivity contribution in [2.75, 3.05) is 20.3 Å². The van der Waals surface area contributed by atoms with E-state index >= 15 is 0 Å². The second kappa shape index (κ2) is 6.40. The normalized spacial score (nSPS) is 31.4. The van der Waals surface area contributed by atoms with Crippen molar-refractivity contribution in [3.63, 3.8) is 0 Å². The first kappa shape index (κ1) is 17.8. The van der Waals surface area contributed by atoms with Gasteiger partial charge in [-0.2, -0.15) is 0 Å². The molecular formula is C17H19ClN2O5. The van der Waals surface area contributed by atoms with E-state index < -0.39 is 41.9 Å². The van der Waals surface area contributed by atoms with E-state index in [4.69, 9.17) is 16.3 Å². The van der Waals surface area contributed by atoms with Gasteiger partial charge in [-0.3, -0.25) is 19.8 Å². The number of aliphatic hydroxyl groups is 1. The van der Waals surface area contributed by atoms with Gasteiger partial charge in [0.15, 0.2) is 5.54 Å². The average molecular weight is 367 g/mol. The number of aliphatic hydroxyl groups excluding tert-OH is 1. The summed E-state index contributed by atoms with van der Waals surface area (Å²) >= 11 is 5.92. The highest BCUT2D eigenvalue weighted by atomic mass is 35.5. The van der Waals surface area contributed by atoms with Crippen molar-refractivity contribution in [2.24, 2.45) is 11.8 Å². The van der Waals surface area contributed by atoms with E-state index in [0.717, 1.165) is 4.90 Å². The van der Waals surface area contributed by atoms with E-state index in [2.05, 4.69) is 5.32 Å². The van der Waals surface area contributed by atoms with Crippen molar-refractivity contribution in [2.45, 2.75) is 18.5 Å². The highest BCUT2D eigenvalue weighted by molar-refractivity contribution is 6.30. The summed E-state index contributed by atoms with van der Waals surface area (Å²) in [5, 5.41) is 13.5. The van der Waals surface area contributed by atoms with Crippen molar-refractivity contribution in [1.82, 2.24) is 10.2 Å². The Labute approximate surface area is 149 Å². The number of benzene rings is 1. The van der Waals surface area contributed by atoms with E-state index in [1.165, 1.54) is 7.11 Å². The lowest BCUT2D eigenvalue weighted by molar-refractivity contribution is -0.156. The Balaban J connectivity index is 2.13. The van der Waals surface area contributed by atoms with Crippen LogP contribution in [0.3, 0.4) is 0 Å². The number of amides is 2. The Hall–Kier alpha value is -1.96. The van der Waals surface area contributed by atoms with E-state index in [-0.39, 0.29) is 12.5 Å². The first-order chi connectivity index (χ1) is 11.9. The monoisotopic (exact) mass is 366 g/mol. The molecular weight excluding hydrogens is 348 g/mol. The van der Waals surface area contributed by atoms with Gasteiger partial charge in [0.1, 0.15) is 0 Å². The van der Waals surface area contributed by atoms with Gasteiger partial charge in [-0.15, -0.1) is 0 Å². The van der Waals surface area contributed by atoms with Crippen molar-refractivity contribution in [3.8, 4) is 0 Å². The van der Waals surface area contributed by atoms with Gasteiger partial charge in [0.05, 0.1) is 25.6 Å². The van der Waals surface area contributed by atoms with Gasteiger partial charge >= 0.3 is 5.97 Å². The molecule has 0 bridgehead atoms. The number of carbonyl (C=O) groups is 3. The first-order valence-electron chi connectivity index (χ1n) is 7.99. The summed E-state index contributed by atoms with van der Waals surface area (Å²) in [6.45, 7) is 1.25. The SMILES string of the molecule is CCN1C(=O)[C@@H]2[C@@H](C1=O)[C@](CO)(C(=O)OC)N[C@H]2c1ccc(Cl)cc1. The molecule has 0 saturated carbocycles. The third kappa shape index (κ3) is 2.46. The minimum absolute atomic E-state index is 0.209. The molecule has 0 aliphatic carbocycles. The molecule has 8 heteroatoms. The fraction of sp³-hybridized carbons (Fsp3) is 0.471. The fourth-order valence-corrected chi connectivity index (χ4v) is 4.04. The van der Waals surface area contributed by atoms with E-state index in [1.807, 2.05) is 0 Å². The summed E-state index contributed by atoms with van der Waals surface area (Å²) in [4.78, 5) is 39.1. The standard InChI is InChI=1S/C17H19ClN2O5/c1-3-20-14(22)11-12(15(20)23)17(8-21,16(24)25-2)19-13(11)9-4-6-10(18)7-5-9/h4-7,11-13,19,21H,3,8H2,1-2H3/t11-,12+,13+,17-/m1/s1. The van der Waals surface area contributed by atoms with Crippen LogP contribution in [0.5, 0.6) is 0 Å². The maximum atomic E-state index is 12.8. The van der Waals surface area contributed by atoms with Crippen LogP contribution in [-0.4, -0.2) is 53.6 Å². The Morgan fingerprint density at radius 3 is 2.48 bits per heavy atom. The molecule has 0 aromatic heterocycles. The molecule has 2 aliphatic heterocycles. The van der Waals surface area contributed by atoms with Crippen LogP contribution >= 0.6 is 11.6 Å². The van der Waals surface area contributed by atoms with Crippen LogP contribution < -0.4 is 5.32 Å². The summed E-state index contributed by atoms with van der Waals surface area (Å²) in [6.07, 6.45) is 0. The van der Waals surface area contributed by atoms with Crippen molar-refractivity contribution in [3.05, 3.63) is 34.9 Å². The fourth-order valence-electron chi connectivity index (χ4n) is 3.91. The Kier molecular flexibility index (Phi) is 4.57. The van der Waals surface area contributed by atoms with Crippen molar-refractivity contribution >= 4 is 29.4 Å². The van der Waals surface area contributed by atoms with Crippen LogP contribution in [0.1, 0.15) is 18.5 Å². The lowest BCUT2D eigenvalue weighted by atomic mass is 9.79. The van der Waals surface area contributed by atoms with Crippen LogP contribution in [0, 0.1) is 11.8 Å². The smallest absolute Gasteiger partial charge is 0.329 e. The van der Waals surface area contributed by atoms with Gasteiger partial charge in [-0.05, 0) is 24.6 Å². The minimum atomic E-state index is -1.65. The third-order valence-corrected chi connectivity index (χ3v) is 5.34. The predicted octanol–water partition coefficient (Wildman–Crippen LogP) is 0.510. The molecule has 2 fully saturated rings. The number of nitrogens with zero attached hydrogens (tertiary/aromatic N) is 1. The highest BCUT2D eigenvalue weighted by Crippen LogP contribution is 2.49. The molecule has 0 spiro atoms. The summed E-state index contributed by atoms with van der Waals surface area (Å²) in [6, 6.07) is 6.19. The molecule has 2 amide bonds. The number of hydrogen-bond acceptors (Lipinski definition) is 6. The number of halogens is 1. The molecule has 2 N–H and O–H groups in total. The second-order valence-corrected chi connectivity index (χ2v) is 6.66. The number of methoxy groups -OCH3 is 1. The molecule has 0 radical (unpaired) electrons. The quantitative estimate of drug-likeness (QED) is 0.595. The molecule has 0 unspecified atom stereocenters. The molecule has 7 nitrogen and oxygen atoms in total. The molecule has 1 aromatic rings. The zero-order valence-corrected chi connectivity index (χ0v) is 14.6. The van der Waals surface area contributed by atoms with Gasteiger partial charge in [0.2, 0.25) is 11.8 Å². The maximum Gasteiger partial charge on any atom is 0.329 e. The Bertz CT molecular complexity index is 722. The largest absolute Gasteiger partial charge is 0.468 e. The summed E-state index contributed by atoms with van der Waals surface area (Å²) in [7, 11) is 1.19. The summed E-state index contributed by atoms with van der Waals surface area (Å²) in [5.74, 6) is -3.40. The van der Waals surface area contributed by atoms with E-state index in [1.54, 1.807) is 31.2 Å². The van der Waals surface area contributed by atoms with Crippen LogP contribution in [-0.2, 0) is 19.1 Å². The van der Waals surface area contributed by atoms with Gasteiger partial charge < -0.3 is 9.84 Å². The average Bonchev–Trinajstić information content (AvgIpc) is 3.10. The van der Waals surface area contributed by atoms with Gasteiger partial charge in [0, 0.05) is 17.6 Å². The zero-order valence-electron chi connectivity index (χ0n) is 13.9. The third-order valence-electron chi connectivity index (χ3n) is 5.09. The number of hydrogen-bond donors (Lipinski definition) is 2. The number of carbonyl (C=O) groups excluding carboxylic acids is 3. The molecule has 4 atom stereocenters. The first-order valence-corrected chi connectivity index (χ1v) is 8.36. The number of imide groups is 1. The molecule has 1 aromatic carbocycles. The second-order valence-electron chi connectivity index (χ2n) is 6.22. The maximum absolute atomic E-state index is 12.8. The molecule has 25 heavy (non-hydrogen) atoms. The van der Waals surface area contributed by atoms with Crippen molar-refractivity contribution < 1.29 is 24.2 Å². The van der Waals surface area contributed by atoms with Gasteiger partial charge in [-0.25, -0.2) is 4.79 Å². The predicted molar refractivity (Wildman–Crippen MR) is 88.5 cm³/mol. The number of nitrogens with one attached hydrogen (secondary N) is 1. The molecule has 2 saturated heterocycles.